The molecule has 0 atom stereocenters. The van der Waals surface area contributed by atoms with Crippen LogP contribution in [-0.2, 0) is 9.47 Å². The highest BCUT2D eigenvalue weighted by atomic mass is 16.7. The lowest BCUT2D eigenvalue weighted by molar-refractivity contribution is -0.140. The van der Waals surface area contributed by atoms with Gasteiger partial charge in [-0.2, -0.15) is 0 Å². The van der Waals surface area contributed by atoms with E-state index in [9.17, 15) is 5.11 Å². The van der Waals surface area contributed by atoms with E-state index in [0.717, 1.165) is 16.7 Å². The standard InChI is InChI=1S/C13H20O3/c1-5-15-13(16-6-2)11-7-9(3)12(14)10(4)8-11/h7-8,13-14H,5-6H2,1-4H3. The fourth-order valence-electron chi connectivity index (χ4n) is 1.67. The lowest BCUT2D eigenvalue weighted by Gasteiger charge is -2.18. The average molecular weight is 224 g/mol. The van der Waals surface area contributed by atoms with Crippen LogP contribution in [0.4, 0.5) is 0 Å². The Balaban J connectivity index is 3.00. The van der Waals surface area contributed by atoms with Crippen LogP contribution in [0.3, 0.4) is 0 Å². The van der Waals surface area contributed by atoms with Gasteiger partial charge in [0.05, 0.1) is 0 Å². The summed E-state index contributed by atoms with van der Waals surface area (Å²) in [6.45, 7) is 8.83. The Morgan fingerprint density at radius 1 is 1.06 bits per heavy atom. The van der Waals surface area contributed by atoms with Gasteiger partial charge in [-0.15, -0.1) is 0 Å². The molecule has 1 rings (SSSR count). The third kappa shape index (κ3) is 2.97. The van der Waals surface area contributed by atoms with Crippen molar-refractivity contribution in [3.05, 3.63) is 28.8 Å². The van der Waals surface area contributed by atoms with E-state index < -0.39 is 0 Å². The van der Waals surface area contributed by atoms with Crippen LogP contribution >= 0.6 is 0 Å². The number of aromatic hydroxyl groups is 1. The summed E-state index contributed by atoms with van der Waals surface area (Å²) in [7, 11) is 0. The minimum absolute atomic E-state index is 0.340. The molecule has 0 aromatic heterocycles. The third-order valence-corrected chi connectivity index (χ3v) is 2.42. The molecule has 90 valence electrons. The number of phenols is 1. The molecule has 0 fully saturated rings. The lowest BCUT2D eigenvalue weighted by atomic mass is 10.1. The molecule has 0 radical (unpaired) electrons. The minimum Gasteiger partial charge on any atom is -0.507 e. The van der Waals surface area contributed by atoms with Gasteiger partial charge in [-0.1, -0.05) is 0 Å². The second-order valence-electron chi connectivity index (χ2n) is 3.75. The number of benzene rings is 1. The van der Waals surface area contributed by atoms with Crippen molar-refractivity contribution in [3.63, 3.8) is 0 Å². The first-order valence-electron chi connectivity index (χ1n) is 5.63. The average Bonchev–Trinajstić information content (AvgIpc) is 2.25. The van der Waals surface area contributed by atoms with E-state index in [1.165, 1.54) is 0 Å². The highest BCUT2D eigenvalue weighted by Crippen LogP contribution is 2.28. The molecule has 0 spiro atoms. The second-order valence-corrected chi connectivity index (χ2v) is 3.75. The van der Waals surface area contributed by atoms with E-state index in [1.807, 2.05) is 39.8 Å². The monoisotopic (exact) mass is 224 g/mol. The number of aryl methyl sites for hydroxylation is 2. The maximum Gasteiger partial charge on any atom is 0.183 e. The van der Waals surface area contributed by atoms with Gasteiger partial charge >= 0.3 is 0 Å². The Kier molecular flexibility index (Phi) is 4.77. The zero-order valence-electron chi connectivity index (χ0n) is 10.4. The molecule has 3 heteroatoms. The maximum absolute atomic E-state index is 9.69. The predicted molar refractivity (Wildman–Crippen MR) is 63.6 cm³/mol. The van der Waals surface area contributed by atoms with Gasteiger partial charge in [-0.05, 0) is 51.0 Å². The first-order chi connectivity index (χ1) is 7.60. The molecule has 0 aliphatic heterocycles. The molecular formula is C13H20O3. The van der Waals surface area contributed by atoms with Crippen molar-refractivity contribution in [2.75, 3.05) is 13.2 Å². The van der Waals surface area contributed by atoms with Crippen LogP contribution in [0.15, 0.2) is 12.1 Å². The van der Waals surface area contributed by atoms with Crippen LogP contribution in [0.25, 0.3) is 0 Å². The second kappa shape index (κ2) is 5.87. The van der Waals surface area contributed by atoms with Crippen molar-refractivity contribution >= 4 is 0 Å². The number of hydrogen-bond acceptors (Lipinski definition) is 3. The summed E-state index contributed by atoms with van der Waals surface area (Å²) in [5.41, 5.74) is 2.65. The van der Waals surface area contributed by atoms with Crippen molar-refractivity contribution in [1.82, 2.24) is 0 Å². The number of hydrogen-bond donors (Lipinski definition) is 1. The molecule has 0 amide bonds. The van der Waals surface area contributed by atoms with Gasteiger partial charge in [0.15, 0.2) is 6.29 Å². The molecule has 0 aliphatic rings. The van der Waals surface area contributed by atoms with Crippen LogP contribution < -0.4 is 0 Å². The summed E-state index contributed by atoms with van der Waals surface area (Å²) in [5, 5.41) is 9.69. The van der Waals surface area contributed by atoms with Gasteiger partial charge in [-0.3, -0.25) is 0 Å². The Labute approximate surface area is 97.0 Å². The molecule has 0 unspecified atom stereocenters. The zero-order chi connectivity index (χ0) is 12.1. The Morgan fingerprint density at radius 3 is 1.88 bits per heavy atom. The molecule has 1 aromatic rings. The van der Waals surface area contributed by atoms with Crippen molar-refractivity contribution < 1.29 is 14.6 Å². The molecular weight excluding hydrogens is 204 g/mol. The highest BCUT2D eigenvalue weighted by molar-refractivity contribution is 5.42. The van der Waals surface area contributed by atoms with E-state index >= 15 is 0 Å². The van der Waals surface area contributed by atoms with Crippen LogP contribution in [-0.4, -0.2) is 18.3 Å². The molecule has 0 aliphatic carbocycles. The first-order valence-corrected chi connectivity index (χ1v) is 5.63. The van der Waals surface area contributed by atoms with Gasteiger partial charge in [0.25, 0.3) is 0 Å². The Morgan fingerprint density at radius 2 is 1.50 bits per heavy atom. The molecule has 1 aromatic carbocycles. The summed E-state index contributed by atoms with van der Waals surface area (Å²) in [6, 6.07) is 3.80. The van der Waals surface area contributed by atoms with Crippen LogP contribution in [0.2, 0.25) is 0 Å². The largest absolute Gasteiger partial charge is 0.507 e. The van der Waals surface area contributed by atoms with E-state index in [1.54, 1.807) is 0 Å². The SMILES string of the molecule is CCOC(OCC)c1cc(C)c(O)c(C)c1. The van der Waals surface area contributed by atoms with Crippen LogP contribution in [0, 0.1) is 13.8 Å². The normalized spacial score (nSPS) is 11.1. The van der Waals surface area contributed by atoms with Crippen LogP contribution in [0.1, 0.15) is 36.8 Å². The Hall–Kier alpha value is -1.06. The zero-order valence-corrected chi connectivity index (χ0v) is 10.4. The first kappa shape index (κ1) is 13.0. The van der Waals surface area contributed by atoms with Gasteiger partial charge in [0.2, 0.25) is 0 Å². The van der Waals surface area contributed by atoms with Crippen molar-refractivity contribution in [2.24, 2.45) is 0 Å². The van der Waals surface area contributed by atoms with E-state index in [-0.39, 0.29) is 6.29 Å². The van der Waals surface area contributed by atoms with Gasteiger partial charge in [0, 0.05) is 18.8 Å². The number of rotatable bonds is 5. The Bertz CT molecular complexity index is 318. The van der Waals surface area contributed by atoms with Gasteiger partial charge in [0.1, 0.15) is 5.75 Å². The topological polar surface area (TPSA) is 38.7 Å². The number of phenolic OH excluding ortho intramolecular Hbond substituents is 1. The van der Waals surface area contributed by atoms with Gasteiger partial charge < -0.3 is 14.6 Å². The van der Waals surface area contributed by atoms with E-state index in [0.29, 0.717) is 19.0 Å². The molecule has 0 saturated carbocycles. The van der Waals surface area contributed by atoms with Crippen molar-refractivity contribution in [2.45, 2.75) is 34.0 Å². The van der Waals surface area contributed by atoms with Crippen LogP contribution in [0.5, 0.6) is 5.75 Å². The summed E-state index contributed by atoms with van der Waals surface area (Å²) in [6.07, 6.45) is -0.340. The highest BCUT2D eigenvalue weighted by Gasteiger charge is 2.13. The molecule has 16 heavy (non-hydrogen) atoms. The van der Waals surface area contributed by atoms with Gasteiger partial charge in [-0.25, -0.2) is 0 Å². The lowest BCUT2D eigenvalue weighted by Crippen LogP contribution is -2.09. The minimum atomic E-state index is -0.340. The summed E-state index contributed by atoms with van der Waals surface area (Å²) in [5.74, 6) is 0.343. The molecule has 3 nitrogen and oxygen atoms in total. The molecule has 0 bridgehead atoms. The molecule has 0 saturated heterocycles. The fourth-order valence-corrected chi connectivity index (χ4v) is 1.67. The maximum atomic E-state index is 9.69. The summed E-state index contributed by atoms with van der Waals surface area (Å²) >= 11 is 0. The fraction of sp³-hybridized carbons (Fsp3) is 0.538. The van der Waals surface area contributed by atoms with Crippen molar-refractivity contribution in [1.29, 1.82) is 0 Å². The number of ether oxygens (including phenoxy) is 2. The smallest absolute Gasteiger partial charge is 0.183 e. The summed E-state index contributed by atoms with van der Waals surface area (Å²) in [4.78, 5) is 0. The van der Waals surface area contributed by atoms with E-state index in [4.69, 9.17) is 9.47 Å². The quantitative estimate of drug-likeness (QED) is 0.781. The molecule has 0 heterocycles. The molecule has 1 N–H and O–H groups in total. The van der Waals surface area contributed by atoms with Crippen molar-refractivity contribution in [3.8, 4) is 5.75 Å². The van der Waals surface area contributed by atoms with E-state index in [2.05, 4.69) is 0 Å². The summed E-state index contributed by atoms with van der Waals surface area (Å²) < 4.78 is 11.0. The predicted octanol–water partition coefficient (Wildman–Crippen LogP) is 3.08. The third-order valence-electron chi connectivity index (χ3n) is 2.42.